The molecule has 4 aromatic carbocycles. The fourth-order valence-corrected chi connectivity index (χ4v) is 9.84. The summed E-state index contributed by atoms with van der Waals surface area (Å²) in [5, 5.41) is 15.0. The van der Waals surface area contributed by atoms with Crippen LogP contribution in [0.3, 0.4) is 0 Å². The van der Waals surface area contributed by atoms with Crippen LogP contribution >= 0.6 is 0 Å². The summed E-state index contributed by atoms with van der Waals surface area (Å²) < 4.78 is 68.0. The first-order chi connectivity index (χ1) is 31.0. The number of halogens is 3. The van der Waals surface area contributed by atoms with E-state index < -0.39 is 22.7 Å². The Bertz CT molecular complexity index is 2630. The van der Waals surface area contributed by atoms with E-state index in [0.717, 1.165) is 99.0 Å². The number of hydrogen-bond donors (Lipinski definition) is 3. The number of piperidine rings is 2. The number of nitrogens with one attached hydrogen (secondary N) is 3. The zero-order valence-electron chi connectivity index (χ0n) is 36.4. The lowest BCUT2D eigenvalue weighted by molar-refractivity contribution is -0.137. The molecule has 3 N–H and O–H groups in total. The van der Waals surface area contributed by atoms with Crippen LogP contribution in [0.4, 0.5) is 30.2 Å². The third-order valence-electron chi connectivity index (χ3n) is 12.8. The van der Waals surface area contributed by atoms with Gasteiger partial charge in [-0.05, 0) is 149 Å². The molecule has 64 heavy (non-hydrogen) atoms. The molecular formula is C48H54F3N9O3S. The van der Waals surface area contributed by atoms with Gasteiger partial charge in [-0.2, -0.15) is 23.1 Å². The van der Waals surface area contributed by atoms with Crippen LogP contribution in [0.15, 0.2) is 81.8 Å². The number of nitrogens with zero attached hydrogens (tertiary/aromatic N) is 6. The predicted octanol–water partition coefficient (Wildman–Crippen LogP) is 9.58. The van der Waals surface area contributed by atoms with E-state index in [1.807, 2.05) is 36.1 Å². The molecule has 4 aliphatic rings. The molecule has 3 unspecified atom stereocenters. The second kappa shape index (κ2) is 18.9. The number of benzene rings is 4. The Balaban J connectivity index is 0.000000162. The summed E-state index contributed by atoms with van der Waals surface area (Å²) in [6.45, 7) is 9.47. The van der Waals surface area contributed by atoms with Crippen molar-refractivity contribution < 1.29 is 26.4 Å². The zero-order chi connectivity index (χ0) is 44.4. The van der Waals surface area contributed by atoms with Crippen LogP contribution in [-0.2, 0) is 43.1 Å². The Morgan fingerprint density at radius 2 is 1.16 bits per heavy atom. The highest BCUT2D eigenvalue weighted by Gasteiger charge is 2.37. The molecule has 4 aliphatic heterocycles. The van der Waals surface area contributed by atoms with Gasteiger partial charge < -0.3 is 34.2 Å². The van der Waals surface area contributed by atoms with Gasteiger partial charge in [0.2, 0.25) is 11.6 Å². The number of anilines is 3. The van der Waals surface area contributed by atoms with E-state index in [1.165, 1.54) is 47.6 Å². The van der Waals surface area contributed by atoms with Crippen molar-refractivity contribution in [2.45, 2.75) is 96.6 Å². The summed E-state index contributed by atoms with van der Waals surface area (Å²) >= 11 is 0. The van der Waals surface area contributed by atoms with Gasteiger partial charge in [-0.3, -0.25) is 0 Å². The topological polar surface area (TPSA) is 137 Å². The van der Waals surface area contributed by atoms with Gasteiger partial charge in [-0.1, -0.05) is 34.6 Å². The number of hydrogen-bond acceptors (Lipinski definition) is 11. The van der Waals surface area contributed by atoms with Crippen LogP contribution in [0, 0.1) is 0 Å². The highest BCUT2D eigenvalue weighted by Crippen LogP contribution is 2.41. The molecule has 0 saturated carbocycles. The molecule has 0 spiro atoms. The molecule has 2 fully saturated rings. The first-order valence-electron chi connectivity index (χ1n) is 22.3. The lowest BCUT2D eigenvalue weighted by Gasteiger charge is -2.37. The second-order valence-electron chi connectivity index (χ2n) is 17.3. The van der Waals surface area contributed by atoms with Crippen LogP contribution in [0.25, 0.3) is 45.7 Å². The predicted molar refractivity (Wildman–Crippen MR) is 245 cm³/mol. The van der Waals surface area contributed by atoms with E-state index >= 15 is 0 Å². The van der Waals surface area contributed by atoms with E-state index in [-0.39, 0.29) is 23.2 Å². The van der Waals surface area contributed by atoms with Crippen LogP contribution in [0.1, 0.15) is 80.2 Å². The van der Waals surface area contributed by atoms with Gasteiger partial charge in [0.15, 0.2) is 0 Å². The Morgan fingerprint density at radius 1 is 0.656 bits per heavy atom. The summed E-state index contributed by atoms with van der Waals surface area (Å²) in [5.74, 6) is 1.49. The second-order valence-corrected chi connectivity index (χ2v) is 18.4. The molecule has 16 heteroatoms. The molecule has 2 saturated heterocycles. The van der Waals surface area contributed by atoms with Gasteiger partial charge in [0, 0.05) is 72.5 Å². The van der Waals surface area contributed by atoms with Crippen LogP contribution < -0.4 is 25.2 Å². The number of aromatic nitrogens is 4. The minimum atomic E-state index is -4.48. The van der Waals surface area contributed by atoms with Crippen LogP contribution in [0.5, 0.6) is 0 Å². The Hall–Kier alpha value is -5.58. The summed E-state index contributed by atoms with van der Waals surface area (Å²) in [6.07, 6.45) is 5.60. The monoisotopic (exact) mass is 893 g/mol. The van der Waals surface area contributed by atoms with Crippen molar-refractivity contribution in [2.75, 3.05) is 47.0 Å². The molecule has 12 nitrogen and oxygen atoms in total. The van der Waals surface area contributed by atoms with Crippen molar-refractivity contribution >= 4 is 28.0 Å². The summed E-state index contributed by atoms with van der Waals surface area (Å²) in [7, 11) is -1.18. The Kier molecular flexibility index (Phi) is 12.9. The first kappa shape index (κ1) is 43.7. The van der Waals surface area contributed by atoms with E-state index in [0.29, 0.717) is 30.1 Å². The molecule has 0 bridgehead atoms. The maximum atomic E-state index is 14.0. The zero-order valence-corrected chi connectivity index (χ0v) is 37.2. The fraction of sp³-hybridized carbons (Fsp3) is 0.417. The lowest BCUT2D eigenvalue weighted by Crippen LogP contribution is -2.38. The van der Waals surface area contributed by atoms with Crippen LogP contribution in [-0.4, -0.2) is 69.0 Å². The SMILES string of the molecule is CC1CCCCN1c1ccc(-c2nc(-c3ccc4c(c3)CNCC4)no2)cc1C(F)(F)F.CC1CCCCN1c1ccc(-c2nc(-c3ccc4c(c3)CNCC4)no2)cc1NS(C)=O. The standard InChI is InChI=1S/C24H25F3N4O.C24H29N5O2S/c1-15-4-2-3-11-31(15)21-8-7-18(13-20(21)24(25,26)27)23-29-22(30-32-23)17-6-5-16-9-10-28-14-19(16)12-17;1-16-5-3-4-12-29(16)22-9-8-19(14-21(22)28-32(2)30)24-26-23(27-31-24)18-7-6-17-10-11-25-15-20(17)13-18/h5-8,12-13,15,28H,2-4,9-11,14H2,1H3;6-9,13-14,16,25,28H,3-5,10-12,15H2,1-2H3. The van der Waals surface area contributed by atoms with E-state index in [2.05, 4.69) is 77.8 Å². The summed E-state index contributed by atoms with van der Waals surface area (Å²) in [5.41, 5.74) is 9.40. The van der Waals surface area contributed by atoms with Gasteiger partial charge in [0.1, 0.15) is 11.0 Å². The van der Waals surface area contributed by atoms with E-state index in [1.54, 1.807) is 12.3 Å². The minimum Gasteiger partial charge on any atom is -0.368 e. The smallest absolute Gasteiger partial charge is 0.368 e. The van der Waals surface area contributed by atoms with Crippen molar-refractivity contribution in [1.29, 1.82) is 0 Å². The van der Waals surface area contributed by atoms with Gasteiger partial charge in [-0.25, -0.2) is 4.21 Å². The highest BCUT2D eigenvalue weighted by atomic mass is 32.2. The highest BCUT2D eigenvalue weighted by molar-refractivity contribution is 7.85. The third kappa shape index (κ3) is 9.59. The Labute approximate surface area is 374 Å². The summed E-state index contributed by atoms with van der Waals surface area (Å²) in [6, 6.07) is 23.2. The van der Waals surface area contributed by atoms with E-state index in [4.69, 9.17) is 9.05 Å². The summed E-state index contributed by atoms with van der Waals surface area (Å²) in [4.78, 5) is 13.3. The maximum Gasteiger partial charge on any atom is 0.418 e. The molecule has 6 heterocycles. The van der Waals surface area contributed by atoms with E-state index in [9.17, 15) is 17.4 Å². The third-order valence-corrected chi connectivity index (χ3v) is 13.3. The van der Waals surface area contributed by atoms with Gasteiger partial charge in [0.05, 0.1) is 16.9 Å². The quantitative estimate of drug-likeness (QED) is 0.135. The van der Waals surface area contributed by atoms with Crippen molar-refractivity contribution in [2.24, 2.45) is 0 Å². The maximum absolute atomic E-state index is 14.0. The fourth-order valence-electron chi connectivity index (χ4n) is 9.37. The molecular weight excluding hydrogens is 840 g/mol. The minimum absolute atomic E-state index is 0.0733. The first-order valence-corrected chi connectivity index (χ1v) is 23.9. The average Bonchev–Trinajstić information content (AvgIpc) is 4.01. The number of rotatable bonds is 8. The number of fused-ring (bicyclic) bond motifs is 2. The van der Waals surface area contributed by atoms with Gasteiger partial charge >= 0.3 is 6.18 Å². The van der Waals surface area contributed by atoms with Crippen LogP contribution in [0.2, 0.25) is 0 Å². The average molecular weight is 894 g/mol. The molecule has 0 amide bonds. The lowest BCUT2D eigenvalue weighted by atomic mass is 9.98. The van der Waals surface area contributed by atoms with Crippen molar-refractivity contribution in [3.8, 4) is 45.7 Å². The largest absolute Gasteiger partial charge is 0.418 e. The molecule has 10 rings (SSSR count). The molecule has 0 radical (unpaired) electrons. The van der Waals surface area contributed by atoms with Crippen molar-refractivity contribution in [1.82, 2.24) is 30.9 Å². The Morgan fingerprint density at radius 3 is 1.67 bits per heavy atom. The molecule has 3 atom stereocenters. The number of alkyl halides is 3. The normalized spacial score (nSPS) is 19.3. The molecule has 336 valence electrons. The molecule has 2 aromatic heterocycles. The van der Waals surface area contributed by atoms with Crippen molar-refractivity contribution in [3.63, 3.8) is 0 Å². The van der Waals surface area contributed by atoms with Gasteiger partial charge in [0.25, 0.3) is 11.8 Å². The molecule has 6 aromatic rings. The van der Waals surface area contributed by atoms with Gasteiger partial charge in [-0.15, -0.1) is 0 Å². The molecule has 0 aliphatic carbocycles. The van der Waals surface area contributed by atoms with Crippen molar-refractivity contribution in [3.05, 3.63) is 101 Å².